The van der Waals surface area contributed by atoms with Crippen molar-refractivity contribution in [2.75, 3.05) is 7.05 Å². The van der Waals surface area contributed by atoms with Gasteiger partial charge in [0.05, 0.1) is 0 Å². The summed E-state index contributed by atoms with van der Waals surface area (Å²) >= 11 is 0. The third-order valence-electron chi connectivity index (χ3n) is 2.69. The summed E-state index contributed by atoms with van der Waals surface area (Å²) in [4.78, 5) is 23.1. The first-order valence-electron chi connectivity index (χ1n) is 5.84. The molecule has 0 saturated carbocycles. The van der Waals surface area contributed by atoms with Crippen molar-refractivity contribution in [3.8, 4) is 11.3 Å². The summed E-state index contributed by atoms with van der Waals surface area (Å²) in [5.74, 6) is -0.376. The van der Waals surface area contributed by atoms with Gasteiger partial charge in [0.15, 0.2) is 11.5 Å². The fourth-order valence-corrected chi connectivity index (χ4v) is 1.76. The van der Waals surface area contributed by atoms with Crippen LogP contribution in [0.4, 0.5) is 0 Å². The average Bonchev–Trinajstić information content (AvgIpc) is 2.83. The van der Waals surface area contributed by atoms with Crippen LogP contribution in [0.1, 0.15) is 17.4 Å². The summed E-state index contributed by atoms with van der Waals surface area (Å²) in [5.41, 5.74) is 1.65. The maximum Gasteiger partial charge on any atom is 0.241 e. The van der Waals surface area contributed by atoms with Crippen molar-refractivity contribution in [2.45, 2.75) is 13.5 Å². The normalized spacial score (nSPS) is 10.2. The van der Waals surface area contributed by atoms with Crippen LogP contribution in [0.3, 0.4) is 0 Å². The third-order valence-corrected chi connectivity index (χ3v) is 2.69. The Kier molecular flexibility index (Phi) is 3.70. The minimum absolute atomic E-state index is 0.0288. The predicted molar refractivity (Wildman–Crippen MR) is 69.5 cm³/mol. The lowest BCUT2D eigenvalue weighted by atomic mass is 10.1. The lowest BCUT2D eigenvalue weighted by molar-refractivity contribution is -0.121. The molecule has 0 bridgehead atoms. The number of nitrogens with zero attached hydrogens (tertiary/aromatic N) is 3. The van der Waals surface area contributed by atoms with Crippen LogP contribution in [0.2, 0.25) is 0 Å². The van der Waals surface area contributed by atoms with E-state index in [1.165, 1.54) is 11.6 Å². The van der Waals surface area contributed by atoms with Gasteiger partial charge in [-0.05, 0) is 0 Å². The average molecular weight is 258 g/mol. The molecular weight excluding hydrogens is 244 g/mol. The number of amides is 1. The third kappa shape index (κ3) is 2.67. The van der Waals surface area contributed by atoms with Crippen molar-refractivity contribution in [2.24, 2.45) is 0 Å². The molecule has 0 aliphatic carbocycles. The van der Waals surface area contributed by atoms with Gasteiger partial charge in [-0.1, -0.05) is 35.5 Å². The van der Waals surface area contributed by atoms with Gasteiger partial charge in [0, 0.05) is 19.5 Å². The molecule has 0 aliphatic heterocycles. The van der Waals surface area contributed by atoms with Crippen LogP contribution >= 0.6 is 0 Å². The molecule has 0 atom stereocenters. The fourth-order valence-electron chi connectivity index (χ4n) is 1.76. The zero-order valence-corrected chi connectivity index (χ0v) is 10.8. The van der Waals surface area contributed by atoms with Gasteiger partial charge in [0.1, 0.15) is 12.2 Å². The predicted octanol–water partition coefficient (Wildman–Crippen LogP) is 0.894. The van der Waals surface area contributed by atoms with Gasteiger partial charge in [-0.15, -0.1) is 5.10 Å². The molecule has 0 fully saturated rings. The Hall–Kier alpha value is -2.50. The van der Waals surface area contributed by atoms with Crippen molar-refractivity contribution in [3.63, 3.8) is 0 Å². The molecule has 0 spiro atoms. The molecule has 1 heterocycles. The molecule has 6 heteroatoms. The highest BCUT2D eigenvalue weighted by Gasteiger charge is 2.19. The van der Waals surface area contributed by atoms with Gasteiger partial charge in [-0.3, -0.25) is 9.59 Å². The van der Waals surface area contributed by atoms with Crippen molar-refractivity contribution in [3.05, 3.63) is 36.0 Å². The number of Topliss-reactive ketones (excluding diaryl/α,β-unsaturated/α-hetero) is 1. The first kappa shape index (κ1) is 12.9. The van der Waals surface area contributed by atoms with E-state index in [2.05, 4.69) is 15.6 Å². The van der Waals surface area contributed by atoms with E-state index in [1.54, 1.807) is 7.05 Å². The zero-order valence-electron chi connectivity index (χ0n) is 10.8. The van der Waals surface area contributed by atoms with E-state index in [0.29, 0.717) is 5.69 Å². The van der Waals surface area contributed by atoms with Crippen LogP contribution in [-0.2, 0) is 11.3 Å². The number of nitrogens with one attached hydrogen (secondary N) is 1. The Bertz CT molecular complexity index is 604. The molecule has 19 heavy (non-hydrogen) atoms. The van der Waals surface area contributed by atoms with Crippen LogP contribution in [0, 0.1) is 0 Å². The fraction of sp³-hybridized carbons (Fsp3) is 0.231. The second-order valence-corrected chi connectivity index (χ2v) is 4.04. The lowest BCUT2D eigenvalue weighted by Gasteiger charge is -2.06. The van der Waals surface area contributed by atoms with E-state index >= 15 is 0 Å². The number of likely N-dealkylation sites (N-methyl/N-ethyl adjacent to an activating group) is 1. The molecule has 2 rings (SSSR count). The van der Waals surface area contributed by atoms with E-state index in [9.17, 15) is 9.59 Å². The van der Waals surface area contributed by atoms with Crippen molar-refractivity contribution in [1.82, 2.24) is 20.3 Å². The van der Waals surface area contributed by atoms with Crippen LogP contribution < -0.4 is 5.32 Å². The number of ketones is 1. The summed E-state index contributed by atoms with van der Waals surface area (Å²) in [7, 11) is 1.55. The number of rotatable bonds is 4. The van der Waals surface area contributed by atoms with Gasteiger partial charge in [0.2, 0.25) is 5.91 Å². The molecule has 0 unspecified atom stereocenters. The molecule has 1 N–H and O–H groups in total. The summed E-state index contributed by atoms with van der Waals surface area (Å²) < 4.78 is 1.44. The number of benzene rings is 1. The van der Waals surface area contributed by atoms with Crippen molar-refractivity contribution in [1.29, 1.82) is 0 Å². The summed E-state index contributed by atoms with van der Waals surface area (Å²) in [5, 5.41) is 10.3. The minimum atomic E-state index is -0.197. The van der Waals surface area contributed by atoms with E-state index < -0.39 is 0 Å². The highest BCUT2D eigenvalue weighted by Crippen LogP contribution is 2.22. The van der Waals surface area contributed by atoms with E-state index in [-0.39, 0.29) is 23.9 Å². The molecule has 98 valence electrons. The topological polar surface area (TPSA) is 76.9 Å². The largest absolute Gasteiger partial charge is 0.358 e. The smallest absolute Gasteiger partial charge is 0.241 e. The van der Waals surface area contributed by atoms with E-state index in [0.717, 1.165) is 5.56 Å². The number of hydrogen-bond acceptors (Lipinski definition) is 4. The number of carbonyl (C=O) groups excluding carboxylic acids is 2. The first-order chi connectivity index (χ1) is 9.13. The minimum Gasteiger partial charge on any atom is -0.358 e. The maximum atomic E-state index is 11.6. The summed E-state index contributed by atoms with van der Waals surface area (Å²) in [6, 6.07) is 9.30. The van der Waals surface area contributed by atoms with Gasteiger partial charge in [-0.2, -0.15) is 0 Å². The number of aromatic nitrogens is 3. The van der Waals surface area contributed by atoms with Crippen molar-refractivity contribution < 1.29 is 9.59 Å². The Balaban J connectivity index is 2.51. The molecule has 1 aromatic carbocycles. The van der Waals surface area contributed by atoms with E-state index in [1.807, 2.05) is 30.3 Å². The number of carbonyl (C=O) groups is 2. The Morgan fingerprint density at radius 3 is 2.53 bits per heavy atom. The summed E-state index contributed by atoms with van der Waals surface area (Å²) in [6.45, 7) is 1.46. The standard InChI is InChI=1S/C13H14N4O2/c1-9(18)12-13(10-6-4-3-5-7-10)17(16-15-12)8-11(19)14-2/h3-7H,8H2,1-2H3,(H,14,19). The second kappa shape index (κ2) is 5.43. The molecule has 1 aromatic heterocycles. The van der Waals surface area contributed by atoms with E-state index in [4.69, 9.17) is 0 Å². The maximum absolute atomic E-state index is 11.6. The van der Waals surface area contributed by atoms with Gasteiger partial charge >= 0.3 is 0 Å². The molecular formula is C13H14N4O2. The lowest BCUT2D eigenvalue weighted by Crippen LogP contribution is -2.24. The van der Waals surface area contributed by atoms with Crippen LogP contribution in [0.25, 0.3) is 11.3 Å². The SMILES string of the molecule is CNC(=O)Cn1nnc(C(C)=O)c1-c1ccccc1. The van der Waals surface area contributed by atoms with Crippen LogP contribution in [0.5, 0.6) is 0 Å². The van der Waals surface area contributed by atoms with Crippen LogP contribution in [0.15, 0.2) is 30.3 Å². The second-order valence-electron chi connectivity index (χ2n) is 4.04. The molecule has 2 aromatic rings. The molecule has 6 nitrogen and oxygen atoms in total. The Morgan fingerprint density at radius 1 is 1.26 bits per heavy atom. The van der Waals surface area contributed by atoms with Crippen LogP contribution in [-0.4, -0.2) is 33.7 Å². The summed E-state index contributed by atoms with van der Waals surface area (Å²) in [6.07, 6.45) is 0. The Labute approximate surface area is 110 Å². The quantitative estimate of drug-likeness (QED) is 0.826. The first-order valence-corrected chi connectivity index (χ1v) is 5.84. The van der Waals surface area contributed by atoms with Gasteiger partial charge in [0.25, 0.3) is 0 Å². The molecule has 0 aliphatic rings. The zero-order chi connectivity index (χ0) is 13.8. The Morgan fingerprint density at radius 2 is 1.95 bits per heavy atom. The van der Waals surface area contributed by atoms with Gasteiger partial charge in [-0.25, -0.2) is 4.68 Å². The number of hydrogen-bond donors (Lipinski definition) is 1. The molecule has 0 radical (unpaired) electrons. The highest BCUT2D eigenvalue weighted by atomic mass is 16.2. The molecule has 1 amide bonds. The van der Waals surface area contributed by atoms with Crippen molar-refractivity contribution >= 4 is 11.7 Å². The van der Waals surface area contributed by atoms with Gasteiger partial charge < -0.3 is 5.32 Å². The highest BCUT2D eigenvalue weighted by molar-refractivity contribution is 5.98. The monoisotopic (exact) mass is 258 g/mol. The molecule has 0 saturated heterocycles.